The molecular formula is C17H13NO3S2. The van der Waals surface area contributed by atoms with E-state index < -0.39 is 5.97 Å². The Kier molecular flexibility index (Phi) is 4.73. The molecule has 23 heavy (non-hydrogen) atoms. The van der Waals surface area contributed by atoms with Crippen LogP contribution in [0.5, 0.6) is 0 Å². The van der Waals surface area contributed by atoms with Gasteiger partial charge in [0.25, 0.3) is 5.22 Å². The van der Waals surface area contributed by atoms with E-state index in [1.54, 1.807) is 23.9 Å². The Morgan fingerprint density at radius 2 is 1.91 bits per heavy atom. The third-order valence-electron chi connectivity index (χ3n) is 3.10. The number of rotatable bonds is 5. The van der Waals surface area contributed by atoms with Gasteiger partial charge in [-0.25, -0.2) is 9.78 Å². The molecule has 0 aliphatic rings. The second kappa shape index (κ2) is 6.93. The highest BCUT2D eigenvalue weighted by Gasteiger charge is 2.14. The average molecular weight is 343 g/mol. The minimum absolute atomic E-state index is 0.161. The number of hydrogen-bond acceptors (Lipinski definition) is 5. The first kappa shape index (κ1) is 15.7. The van der Waals surface area contributed by atoms with E-state index in [1.165, 1.54) is 0 Å². The van der Waals surface area contributed by atoms with E-state index in [0.717, 1.165) is 22.2 Å². The molecule has 0 bridgehead atoms. The highest BCUT2D eigenvalue weighted by atomic mass is 32.2. The molecule has 0 radical (unpaired) electrons. The SMILES string of the molecule is CSc1ccc(/C=C(/Sc2nc3ccccc3o2)C(=O)O)cc1. The maximum absolute atomic E-state index is 11.5. The standard InChI is InChI=1S/C17H13NO3S2/c1-22-12-8-6-11(7-9-12)10-15(16(19)20)23-17-18-13-4-2-3-5-14(13)21-17/h2-10H,1H3,(H,19,20)/b15-10+. The van der Waals surface area contributed by atoms with Crippen LogP contribution >= 0.6 is 23.5 Å². The fourth-order valence-corrected chi connectivity index (χ4v) is 3.13. The van der Waals surface area contributed by atoms with Crippen LogP contribution in [0.3, 0.4) is 0 Å². The van der Waals surface area contributed by atoms with E-state index in [9.17, 15) is 9.90 Å². The van der Waals surface area contributed by atoms with Crippen LogP contribution in [0.2, 0.25) is 0 Å². The summed E-state index contributed by atoms with van der Waals surface area (Å²) < 4.78 is 5.57. The predicted molar refractivity (Wildman–Crippen MR) is 93.7 cm³/mol. The monoisotopic (exact) mass is 343 g/mol. The van der Waals surface area contributed by atoms with Crippen molar-refractivity contribution in [3.63, 3.8) is 0 Å². The second-order valence-corrected chi connectivity index (χ2v) is 6.51. The zero-order valence-electron chi connectivity index (χ0n) is 12.2. The minimum Gasteiger partial charge on any atom is -0.477 e. The number of benzene rings is 2. The van der Waals surface area contributed by atoms with E-state index in [1.807, 2.05) is 48.7 Å². The molecule has 0 saturated carbocycles. The molecule has 6 heteroatoms. The largest absolute Gasteiger partial charge is 0.477 e. The summed E-state index contributed by atoms with van der Waals surface area (Å²) in [5.41, 5.74) is 2.18. The Bertz CT molecular complexity index is 836. The van der Waals surface area contributed by atoms with Crippen molar-refractivity contribution in [1.82, 2.24) is 4.98 Å². The molecule has 3 aromatic rings. The highest BCUT2D eigenvalue weighted by molar-refractivity contribution is 8.03. The maximum atomic E-state index is 11.5. The van der Waals surface area contributed by atoms with Gasteiger partial charge in [-0.3, -0.25) is 0 Å². The van der Waals surface area contributed by atoms with Crippen LogP contribution in [0.15, 0.2) is 68.0 Å². The van der Waals surface area contributed by atoms with Crippen molar-refractivity contribution in [3.05, 3.63) is 59.0 Å². The van der Waals surface area contributed by atoms with Crippen LogP contribution < -0.4 is 0 Å². The lowest BCUT2D eigenvalue weighted by atomic mass is 10.2. The summed E-state index contributed by atoms with van der Waals surface area (Å²) in [5, 5.41) is 9.73. The lowest BCUT2D eigenvalue weighted by Crippen LogP contribution is -1.96. The van der Waals surface area contributed by atoms with Gasteiger partial charge >= 0.3 is 5.97 Å². The second-order valence-electron chi connectivity index (χ2n) is 4.64. The molecule has 0 unspecified atom stereocenters. The van der Waals surface area contributed by atoms with Gasteiger partial charge in [0, 0.05) is 4.90 Å². The van der Waals surface area contributed by atoms with Gasteiger partial charge in [0.1, 0.15) is 10.4 Å². The molecule has 0 atom stereocenters. The highest BCUT2D eigenvalue weighted by Crippen LogP contribution is 2.30. The van der Waals surface area contributed by atoms with Gasteiger partial charge in [-0.2, -0.15) is 0 Å². The number of aromatic nitrogens is 1. The Morgan fingerprint density at radius 1 is 1.17 bits per heavy atom. The molecule has 1 heterocycles. The van der Waals surface area contributed by atoms with Crippen molar-refractivity contribution in [3.8, 4) is 0 Å². The zero-order valence-corrected chi connectivity index (χ0v) is 13.9. The van der Waals surface area contributed by atoms with Gasteiger partial charge in [0.2, 0.25) is 0 Å². The van der Waals surface area contributed by atoms with Crippen molar-refractivity contribution in [2.45, 2.75) is 10.1 Å². The molecule has 0 aliphatic heterocycles. The molecule has 0 spiro atoms. The van der Waals surface area contributed by atoms with Gasteiger partial charge in [0.15, 0.2) is 5.58 Å². The first-order valence-electron chi connectivity index (χ1n) is 6.78. The smallest absolute Gasteiger partial charge is 0.342 e. The number of thioether (sulfide) groups is 2. The van der Waals surface area contributed by atoms with E-state index in [0.29, 0.717) is 16.3 Å². The Labute approximate surface area is 141 Å². The minimum atomic E-state index is -1.01. The Hall–Kier alpha value is -2.18. The third kappa shape index (κ3) is 3.78. The summed E-state index contributed by atoms with van der Waals surface area (Å²) in [7, 11) is 0. The fraction of sp³-hybridized carbons (Fsp3) is 0.0588. The summed E-state index contributed by atoms with van der Waals surface area (Å²) >= 11 is 2.65. The molecule has 3 rings (SSSR count). The number of carboxylic acid groups (broad SMARTS) is 1. The average Bonchev–Trinajstić information content (AvgIpc) is 2.97. The summed E-state index contributed by atoms with van der Waals surface area (Å²) in [6, 6.07) is 15.0. The topological polar surface area (TPSA) is 63.3 Å². The molecule has 0 fully saturated rings. The number of nitrogens with zero attached hydrogens (tertiary/aromatic N) is 1. The van der Waals surface area contributed by atoms with Crippen LogP contribution in [0.4, 0.5) is 0 Å². The van der Waals surface area contributed by atoms with E-state index >= 15 is 0 Å². The number of aliphatic carboxylic acids is 1. The number of para-hydroxylation sites is 2. The molecule has 4 nitrogen and oxygen atoms in total. The third-order valence-corrected chi connectivity index (χ3v) is 4.70. The maximum Gasteiger partial charge on any atom is 0.342 e. The summed E-state index contributed by atoms with van der Waals surface area (Å²) in [6.45, 7) is 0. The van der Waals surface area contributed by atoms with Crippen molar-refractivity contribution >= 4 is 46.7 Å². The van der Waals surface area contributed by atoms with Crippen LogP contribution in [0.25, 0.3) is 17.2 Å². The van der Waals surface area contributed by atoms with Gasteiger partial charge in [-0.1, -0.05) is 24.3 Å². The number of fused-ring (bicyclic) bond motifs is 1. The van der Waals surface area contributed by atoms with Crippen LogP contribution in [0, 0.1) is 0 Å². The van der Waals surface area contributed by atoms with E-state index in [4.69, 9.17) is 4.42 Å². The molecule has 0 aliphatic carbocycles. The van der Waals surface area contributed by atoms with Crippen LogP contribution in [-0.2, 0) is 4.79 Å². The lowest BCUT2D eigenvalue weighted by Gasteiger charge is -2.00. The predicted octanol–water partition coefficient (Wildman–Crippen LogP) is 4.77. The van der Waals surface area contributed by atoms with Gasteiger partial charge in [-0.15, -0.1) is 11.8 Å². The molecule has 0 saturated heterocycles. The summed E-state index contributed by atoms with van der Waals surface area (Å²) in [4.78, 5) is 17.1. The van der Waals surface area contributed by atoms with Crippen LogP contribution in [0.1, 0.15) is 5.56 Å². The number of carbonyl (C=O) groups is 1. The number of hydrogen-bond donors (Lipinski definition) is 1. The first-order chi connectivity index (χ1) is 11.2. The molecule has 0 amide bonds. The Balaban J connectivity index is 1.88. The molecule has 116 valence electrons. The van der Waals surface area contributed by atoms with Gasteiger partial charge < -0.3 is 9.52 Å². The zero-order chi connectivity index (χ0) is 16.2. The van der Waals surface area contributed by atoms with Crippen molar-refractivity contribution in [2.24, 2.45) is 0 Å². The summed E-state index contributed by atoms with van der Waals surface area (Å²) in [6.07, 6.45) is 3.61. The van der Waals surface area contributed by atoms with Crippen LogP contribution in [-0.4, -0.2) is 22.3 Å². The summed E-state index contributed by atoms with van der Waals surface area (Å²) in [5.74, 6) is -1.01. The number of oxazole rings is 1. The molecular weight excluding hydrogens is 330 g/mol. The van der Waals surface area contributed by atoms with Crippen molar-refractivity contribution < 1.29 is 14.3 Å². The lowest BCUT2D eigenvalue weighted by molar-refractivity contribution is -0.131. The van der Waals surface area contributed by atoms with Crippen molar-refractivity contribution in [1.29, 1.82) is 0 Å². The van der Waals surface area contributed by atoms with E-state index in [-0.39, 0.29) is 4.91 Å². The molecule has 1 N–H and O–H groups in total. The molecule has 1 aromatic heterocycles. The van der Waals surface area contributed by atoms with Gasteiger partial charge in [-0.05, 0) is 53.9 Å². The first-order valence-corrected chi connectivity index (χ1v) is 8.82. The number of carboxylic acids is 1. The van der Waals surface area contributed by atoms with E-state index in [2.05, 4.69) is 4.98 Å². The Morgan fingerprint density at radius 3 is 2.57 bits per heavy atom. The molecule has 2 aromatic carbocycles. The van der Waals surface area contributed by atoms with Gasteiger partial charge in [0.05, 0.1) is 0 Å². The van der Waals surface area contributed by atoms with Crippen molar-refractivity contribution in [2.75, 3.05) is 6.26 Å². The fourth-order valence-electron chi connectivity index (χ4n) is 1.98. The normalized spacial score (nSPS) is 11.8. The quantitative estimate of drug-likeness (QED) is 0.532.